The fourth-order valence-corrected chi connectivity index (χ4v) is 2.34. The van der Waals surface area contributed by atoms with Crippen LogP contribution in [0.15, 0.2) is 36.4 Å². The molecule has 2 rings (SSSR count). The van der Waals surface area contributed by atoms with E-state index in [-0.39, 0.29) is 11.1 Å². The SMILES string of the molecule is Cc1ccc(C(C)(O)c2ccccc2Cl)c(F)c1F. The molecule has 0 aliphatic heterocycles. The van der Waals surface area contributed by atoms with Crippen molar-refractivity contribution >= 4 is 11.6 Å². The lowest BCUT2D eigenvalue weighted by molar-refractivity contribution is 0.0971. The van der Waals surface area contributed by atoms with Gasteiger partial charge < -0.3 is 5.11 Å². The molecular weight excluding hydrogens is 270 g/mol. The van der Waals surface area contributed by atoms with Crippen LogP contribution >= 0.6 is 11.6 Å². The van der Waals surface area contributed by atoms with E-state index in [1.165, 1.54) is 26.0 Å². The first kappa shape index (κ1) is 14.0. The molecule has 0 bridgehead atoms. The molecule has 0 spiro atoms. The Balaban J connectivity index is 2.64. The molecule has 4 heteroatoms. The van der Waals surface area contributed by atoms with Gasteiger partial charge in [-0.2, -0.15) is 0 Å². The maximum Gasteiger partial charge on any atom is 0.165 e. The lowest BCUT2D eigenvalue weighted by atomic mass is 9.87. The van der Waals surface area contributed by atoms with Crippen LogP contribution in [-0.4, -0.2) is 5.11 Å². The lowest BCUT2D eigenvalue weighted by Gasteiger charge is -2.26. The third-order valence-electron chi connectivity index (χ3n) is 3.20. The van der Waals surface area contributed by atoms with Crippen molar-refractivity contribution in [1.82, 2.24) is 0 Å². The smallest absolute Gasteiger partial charge is 0.165 e. The highest BCUT2D eigenvalue weighted by Crippen LogP contribution is 2.36. The van der Waals surface area contributed by atoms with Gasteiger partial charge in [0.25, 0.3) is 0 Å². The summed E-state index contributed by atoms with van der Waals surface area (Å²) in [6.07, 6.45) is 0. The van der Waals surface area contributed by atoms with Gasteiger partial charge in [0.1, 0.15) is 5.60 Å². The van der Waals surface area contributed by atoms with Crippen LogP contribution in [0.5, 0.6) is 0 Å². The maximum atomic E-state index is 14.0. The molecule has 100 valence electrons. The van der Waals surface area contributed by atoms with Gasteiger partial charge in [-0.05, 0) is 25.5 Å². The summed E-state index contributed by atoms with van der Waals surface area (Å²) in [6.45, 7) is 2.85. The summed E-state index contributed by atoms with van der Waals surface area (Å²) >= 11 is 6.01. The minimum atomic E-state index is -1.70. The Kier molecular flexibility index (Phi) is 3.61. The zero-order chi connectivity index (χ0) is 14.2. The normalized spacial score (nSPS) is 14.2. The minimum absolute atomic E-state index is 0.135. The second-order valence-electron chi connectivity index (χ2n) is 4.61. The molecule has 0 saturated heterocycles. The Bertz CT molecular complexity index is 624. The molecule has 0 saturated carbocycles. The van der Waals surface area contributed by atoms with Gasteiger partial charge in [-0.25, -0.2) is 8.78 Å². The quantitative estimate of drug-likeness (QED) is 0.876. The Labute approximate surface area is 115 Å². The van der Waals surface area contributed by atoms with Gasteiger partial charge in [-0.3, -0.25) is 0 Å². The van der Waals surface area contributed by atoms with E-state index in [1.54, 1.807) is 24.3 Å². The molecule has 2 aromatic carbocycles. The zero-order valence-electron chi connectivity index (χ0n) is 10.5. The highest BCUT2D eigenvalue weighted by Gasteiger charge is 2.32. The number of aliphatic hydroxyl groups is 1. The van der Waals surface area contributed by atoms with Gasteiger partial charge in [0.15, 0.2) is 11.6 Å². The monoisotopic (exact) mass is 282 g/mol. The van der Waals surface area contributed by atoms with Crippen molar-refractivity contribution < 1.29 is 13.9 Å². The third-order valence-corrected chi connectivity index (χ3v) is 3.53. The van der Waals surface area contributed by atoms with E-state index < -0.39 is 17.2 Å². The molecule has 0 aliphatic carbocycles. The first-order valence-corrected chi connectivity index (χ1v) is 6.16. The van der Waals surface area contributed by atoms with Crippen LogP contribution in [0.2, 0.25) is 5.02 Å². The van der Waals surface area contributed by atoms with Gasteiger partial charge in [-0.1, -0.05) is 41.9 Å². The maximum absolute atomic E-state index is 14.0. The van der Waals surface area contributed by atoms with Crippen LogP contribution in [-0.2, 0) is 5.60 Å². The van der Waals surface area contributed by atoms with E-state index in [1.807, 2.05) is 0 Å². The van der Waals surface area contributed by atoms with Crippen molar-refractivity contribution in [3.63, 3.8) is 0 Å². The highest BCUT2D eigenvalue weighted by molar-refractivity contribution is 6.31. The number of halogens is 3. The van der Waals surface area contributed by atoms with E-state index in [4.69, 9.17) is 11.6 Å². The fourth-order valence-electron chi connectivity index (χ4n) is 2.02. The fraction of sp³-hybridized carbons (Fsp3) is 0.200. The van der Waals surface area contributed by atoms with Crippen LogP contribution < -0.4 is 0 Å². The molecule has 0 aromatic heterocycles. The Hall–Kier alpha value is -1.45. The Morgan fingerprint density at radius 1 is 1.00 bits per heavy atom. The largest absolute Gasteiger partial charge is 0.381 e. The number of rotatable bonds is 2. The molecule has 0 heterocycles. The predicted molar refractivity (Wildman–Crippen MR) is 71.2 cm³/mol. The summed E-state index contributed by atoms with van der Waals surface area (Å²) in [6, 6.07) is 9.36. The van der Waals surface area contributed by atoms with Crippen LogP contribution in [0.25, 0.3) is 0 Å². The molecule has 1 unspecified atom stereocenters. The number of aryl methyl sites for hydroxylation is 1. The van der Waals surface area contributed by atoms with E-state index in [9.17, 15) is 13.9 Å². The summed E-state index contributed by atoms with van der Waals surface area (Å²) in [5.74, 6) is -2.00. The predicted octanol–water partition coefficient (Wildman–Crippen LogP) is 4.18. The number of hydrogen-bond acceptors (Lipinski definition) is 1. The summed E-state index contributed by atoms with van der Waals surface area (Å²) in [5.41, 5.74) is -1.31. The van der Waals surface area contributed by atoms with E-state index in [0.717, 1.165) is 0 Å². The second kappa shape index (κ2) is 4.91. The topological polar surface area (TPSA) is 20.2 Å². The molecule has 19 heavy (non-hydrogen) atoms. The van der Waals surface area contributed by atoms with Crippen LogP contribution in [0.1, 0.15) is 23.6 Å². The molecule has 0 amide bonds. The number of benzene rings is 2. The molecule has 2 aromatic rings. The average molecular weight is 283 g/mol. The first-order valence-electron chi connectivity index (χ1n) is 5.78. The standard InChI is InChI=1S/C15H13ClF2O/c1-9-7-8-11(14(18)13(9)17)15(2,19)10-5-3-4-6-12(10)16/h3-8,19H,1-2H3. The third kappa shape index (κ3) is 2.36. The van der Waals surface area contributed by atoms with Gasteiger partial charge in [0.2, 0.25) is 0 Å². The lowest BCUT2D eigenvalue weighted by Crippen LogP contribution is -2.25. The minimum Gasteiger partial charge on any atom is -0.381 e. The van der Waals surface area contributed by atoms with E-state index in [2.05, 4.69) is 0 Å². The van der Waals surface area contributed by atoms with Gasteiger partial charge in [0.05, 0.1) is 0 Å². The van der Waals surface area contributed by atoms with Crippen molar-refractivity contribution in [2.24, 2.45) is 0 Å². The van der Waals surface area contributed by atoms with Crippen molar-refractivity contribution in [1.29, 1.82) is 0 Å². The van der Waals surface area contributed by atoms with Gasteiger partial charge in [0, 0.05) is 16.1 Å². The summed E-state index contributed by atoms with van der Waals surface area (Å²) in [5, 5.41) is 10.8. The van der Waals surface area contributed by atoms with Crippen LogP contribution in [0.3, 0.4) is 0 Å². The molecule has 1 nitrogen and oxygen atoms in total. The van der Waals surface area contributed by atoms with Crippen molar-refractivity contribution in [2.75, 3.05) is 0 Å². The number of hydrogen-bond donors (Lipinski definition) is 1. The molecule has 1 N–H and O–H groups in total. The Morgan fingerprint density at radius 2 is 1.63 bits per heavy atom. The van der Waals surface area contributed by atoms with Crippen LogP contribution in [0.4, 0.5) is 8.78 Å². The molecule has 0 fully saturated rings. The molecule has 0 radical (unpaired) electrons. The molecule has 1 atom stereocenters. The second-order valence-corrected chi connectivity index (χ2v) is 5.02. The van der Waals surface area contributed by atoms with E-state index in [0.29, 0.717) is 10.6 Å². The van der Waals surface area contributed by atoms with E-state index >= 15 is 0 Å². The van der Waals surface area contributed by atoms with Gasteiger partial charge >= 0.3 is 0 Å². The van der Waals surface area contributed by atoms with Crippen molar-refractivity contribution in [2.45, 2.75) is 19.4 Å². The first-order chi connectivity index (χ1) is 8.85. The molecular formula is C15H13ClF2O. The highest BCUT2D eigenvalue weighted by atomic mass is 35.5. The zero-order valence-corrected chi connectivity index (χ0v) is 11.3. The summed E-state index contributed by atoms with van der Waals surface area (Å²) < 4.78 is 27.6. The van der Waals surface area contributed by atoms with Crippen LogP contribution in [0, 0.1) is 18.6 Å². The summed E-state index contributed by atoms with van der Waals surface area (Å²) in [7, 11) is 0. The average Bonchev–Trinajstić information content (AvgIpc) is 2.36. The van der Waals surface area contributed by atoms with Crippen molar-refractivity contribution in [3.05, 3.63) is 69.7 Å². The van der Waals surface area contributed by atoms with Gasteiger partial charge in [-0.15, -0.1) is 0 Å². The molecule has 0 aliphatic rings. The Morgan fingerprint density at radius 3 is 2.26 bits per heavy atom. The summed E-state index contributed by atoms with van der Waals surface area (Å²) in [4.78, 5) is 0. The van der Waals surface area contributed by atoms with Crippen molar-refractivity contribution in [3.8, 4) is 0 Å².